The highest BCUT2D eigenvalue weighted by Gasteiger charge is 2.11. The number of pyridine rings is 1. The van der Waals surface area contributed by atoms with Crippen LogP contribution in [0.2, 0.25) is 0 Å². The van der Waals surface area contributed by atoms with Crippen LogP contribution in [0.4, 0.5) is 5.69 Å². The number of phenolic OH excluding ortho intramolecular Hbond substituents is 1. The first-order chi connectivity index (χ1) is 9.75. The van der Waals surface area contributed by atoms with Gasteiger partial charge in [0.25, 0.3) is 0 Å². The number of hydrogen-bond acceptors (Lipinski definition) is 6. The number of benzene rings is 1. The lowest BCUT2D eigenvalue weighted by atomic mass is 10.2. The van der Waals surface area contributed by atoms with Crippen LogP contribution in [-0.4, -0.2) is 26.5 Å². The summed E-state index contributed by atoms with van der Waals surface area (Å²) in [6.45, 7) is 0. The van der Waals surface area contributed by atoms with E-state index in [0.717, 1.165) is 5.06 Å². The van der Waals surface area contributed by atoms with E-state index in [4.69, 9.17) is 0 Å². The molecule has 0 amide bonds. The summed E-state index contributed by atoms with van der Waals surface area (Å²) in [5.41, 5.74) is 1.06. The van der Waals surface area contributed by atoms with Crippen molar-refractivity contribution in [1.82, 2.24) is 10.0 Å². The minimum Gasteiger partial charge on any atom is -0.506 e. The Morgan fingerprint density at radius 1 is 1.20 bits per heavy atom. The Hall–Kier alpha value is -2.73. The minimum atomic E-state index is -0.555. The summed E-state index contributed by atoms with van der Waals surface area (Å²) in [4.78, 5) is 4.11. The second kappa shape index (κ2) is 5.10. The van der Waals surface area contributed by atoms with Gasteiger partial charge in [-0.05, 0) is 36.4 Å². The zero-order valence-corrected chi connectivity index (χ0v) is 10.5. The van der Waals surface area contributed by atoms with Crippen molar-refractivity contribution in [3.05, 3.63) is 54.9 Å². The maximum atomic E-state index is 9.75. The zero-order chi connectivity index (χ0) is 13.9. The smallest absolute Gasteiger partial charge is 0.184 e. The minimum absolute atomic E-state index is 0.101. The number of hydroxylamine groups is 2. The van der Waals surface area contributed by atoms with Gasteiger partial charge < -0.3 is 5.11 Å². The largest absolute Gasteiger partial charge is 0.506 e. The second-order valence-electron chi connectivity index (χ2n) is 4.24. The van der Waals surface area contributed by atoms with Crippen LogP contribution in [0.3, 0.4) is 0 Å². The number of nitrogens with zero attached hydrogens (tertiary/aromatic N) is 4. The van der Waals surface area contributed by atoms with Crippen molar-refractivity contribution in [2.75, 3.05) is 0 Å². The van der Waals surface area contributed by atoms with E-state index in [1.807, 2.05) is 6.07 Å². The van der Waals surface area contributed by atoms with Gasteiger partial charge in [0, 0.05) is 17.8 Å². The van der Waals surface area contributed by atoms with E-state index in [9.17, 15) is 10.3 Å². The molecule has 20 heavy (non-hydrogen) atoms. The summed E-state index contributed by atoms with van der Waals surface area (Å²) < 4.78 is 0. The van der Waals surface area contributed by atoms with Crippen molar-refractivity contribution in [2.24, 2.45) is 10.2 Å². The number of allylic oxidation sites excluding steroid dienone is 2. The van der Waals surface area contributed by atoms with Gasteiger partial charge >= 0.3 is 0 Å². The second-order valence-corrected chi connectivity index (χ2v) is 4.24. The van der Waals surface area contributed by atoms with Crippen molar-refractivity contribution in [2.45, 2.75) is 6.17 Å². The molecule has 2 N–H and O–H groups in total. The van der Waals surface area contributed by atoms with E-state index >= 15 is 0 Å². The normalized spacial score (nSPS) is 18.2. The molecule has 2 aromatic rings. The Balaban J connectivity index is 1.97. The first-order valence-electron chi connectivity index (χ1n) is 6.05. The van der Waals surface area contributed by atoms with Crippen LogP contribution in [0.25, 0.3) is 10.9 Å². The maximum Gasteiger partial charge on any atom is 0.184 e. The van der Waals surface area contributed by atoms with E-state index in [2.05, 4.69) is 15.2 Å². The predicted molar refractivity (Wildman–Crippen MR) is 73.6 cm³/mol. The lowest BCUT2D eigenvalue weighted by Crippen LogP contribution is -2.24. The van der Waals surface area contributed by atoms with Gasteiger partial charge in [-0.15, -0.1) is 0 Å². The molecular weight excluding hydrogens is 256 g/mol. The van der Waals surface area contributed by atoms with Crippen LogP contribution in [0.5, 0.6) is 5.75 Å². The highest BCUT2D eigenvalue weighted by molar-refractivity contribution is 5.93. The van der Waals surface area contributed by atoms with Gasteiger partial charge in [-0.25, -0.2) is 5.06 Å². The van der Waals surface area contributed by atoms with E-state index < -0.39 is 6.17 Å². The van der Waals surface area contributed by atoms with Gasteiger partial charge in [0.2, 0.25) is 0 Å². The number of phenols is 1. The molecule has 1 aliphatic heterocycles. The van der Waals surface area contributed by atoms with Gasteiger partial charge in [-0.3, -0.25) is 10.2 Å². The number of hydrogen-bond donors (Lipinski definition) is 2. The molecule has 0 spiro atoms. The molecule has 0 radical (unpaired) electrons. The SMILES string of the molecule is Oc1ccc(N=NC2C=CC=CN2O)c2cccnc12. The molecule has 0 bridgehead atoms. The van der Waals surface area contributed by atoms with Crippen molar-refractivity contribution >= 4 is 16.6 Å². The summed E-state index contributed by atoms with van der Waals surface area (Å²) >= 11 is 0. The fourth-order valence-corrected chi connectivity index (χ4v) is 1.92. The van der Waals surface area contributed by atoms with Gasteiger partial charge in [0.1, 0.15) is 11.3 Å². The van der Waals surface area contributed by atoms with Crippen LogP contribution < -0.4 is 0 Å². The van der Waals surface area contributed by atoms with E-state index in [1.54, 1.807) is 36.6 Å². The van der Waals surface area contributed by atoms with E-state index in [0.29, 0.717) is 16.6 Å². The van der Waals surface area contributed by atoms with Crippen molar-refractivity contribution in [3.8, 4) is 5.75 Å². The average Bonchev–Trinajstić information content (AvgIpc) is 2.48. The molecule has 3 rings (SSSR count). The Morgan fingerprint density at radius 3 is 2.95 bits per heavy atom. The van der Waals surface area contributed by atoms with Crippen molar-refractivity contribution < 1.29 is 10.3 Å². The number of aromatic hydroxyl groups is 1. The van der Waals surface area contributed by atoms with Gasteiger partial charge in [0.05, 0.1) is 5.69 Å². The summed E-state index contributed by atoms with van der Waals surface area (Å²) in [5, 5.41) is 29.2. The molecule has 0 saturated heterocycles. The maximum absolute atomic E-state index is 9.75. The van der Waals surface area contributed by atoms with E-state index in [1.165, 1.54) is 12.3 Å². The standard InChI is InChI=1S/C14H12N4O2/c19-12-7-6-11(10-4-3-8-15-14(10)12)16-17-13-5-1-2-9-18(13)20/h1-9,13,19-20H. The molecule has 1 atom stereocenters. The zero-order valence-electron chi connectivity index (χ0n) is 10.5. The lowest BCUT2D eigenvalue weighted by Gasteiger charge is -2.18. The van der Waals surface area contributed by atoms with Gasteiger partial charge in [-0.1, -0.05) is 6.08 Å². The fraction of sp³-hybridized carbons (Fsp3) is 0.0714. The summed E-state index contributed by atoms with van der Waals surface area (Å²) in [7, 11) is 0. The van der Waals surface area contributed by atoms with Crippen molar-refractivity contribution in [1.29, 1.82) is 0 Å². The molecule has 0 saturated carbocycles. The average molecular weight is 268 g/mol. The molecule has 0 aliphatic carbocycles. The number of fused-ring (bicyclic) bond motifs is 1. The molecule has 2 heterocycles. The Labute approximate surface area is 115 Å². The van der Waals surface area contributed by atoms with Crippen LogP contribution >= 0.6 is 0 Å². The third-order valence-corrected chi connectivity index (χ3v) is 2.91. The van der Waals surface area contributed by atoms with Gasteiger partial charge in [-0.2, -0.15) is 10.2 Å². The summed E-state index contributed by atoms with van der Waals surface area (Å²) in [5.74, 6) is 0.101. The van der Waals surface area contributed by atoms with Crippen LogP contribution in [0.15, 0.2) is 65.1 Å². The Morgan fingerprint density at radius 2 is 2.10 bits per heavy atom. The Bertz CT molecular complexity index is 724. The first-order valence-corrected chi connectivity index (χ1v) is 6.05. The number of aromatic nitrogens is 1. The molecule has 0 fully saturated rings. The predicted octanol–water partition coefficient (Wildman–Crippen LogP) is 3.12. The molecule has 6 heteroatoms. The summed E-state index contributed by atoms with van der Waals surface area (Å²) in [6, 6.07) is 6.76. The van der Waals surface area contributed by atoms with Crippen LogP contribution in [0.1, 0.15) is 0 Å². The topological polar surface area (TPSA) is 81.3 Å². The van der Waals surface area contributed by atoms with Crippen LogP contribution in [0, 0.1) is 0 Å². The van der Waals surface area contributed by atoms with Gasteiger partial charge in [0.15, 0.2) is 6.17 Å². The van der Waals surface area contributed by atoms with Crippen LogP contribution in [-0.2, 0) is 0 Å². The molecule has 1 unspecified atom stereocenters. The molecule has 6 nitrogen and oxygen atoms in total. The molecule has 100 valence electrons. The van der Waals surface area contributed by atoms with Crippen molar-refractivity contribution in [3.63, 3.8) is 0 Å². The first kappa shape index (κ1) is 12.3. The summed E-state index contributed by atoms with van der Waals surface area (Å²) in [6.07, 6.45) is 7.75. The number of azo groups is 1. The third-order valence-electron chi connectivity index (χ3n) is 2.91. The monoisotopic (exact) mass is 268 g/mol. The fourth-order valence-electron chi connectivity index (χ4n) is 1.92. The lowest BCUT2D eigenvalue weighted by molar-refractivity contribution is -0.0647. The molecule has 1 aromatic heterocycles. The van der Waals surface area contributed by atoms with E-state index in [-0.39, 0.29) is 5.75 Å². The number of rotatable bonds is 2. The quantitative estimate of drug-likeness (QED) is 0.820. The molecule has 1 aliphatic rings. The highest BCUT2D eigenvalue weighted by atomic mass is 16.5. The molecular formula is C14H12N4O2. The molecule has 1 aromatic carbocycles. The highest BCUT2D eigenvalue weighted by Crippen LogP contribution is 2.31. The third kappa shape index (κ3) is 2.24. The Kier molecular flexibility index (Phi) is 3.14.